The zero-order valence-corrected chi connectivity index (χ0v) is 15.3. The standard InChI is InChI=1S/C22H22N2O3/c1-16-7-5-6-10-19(16)20(25)11-12-22(26)23-14-13-18-15-21(27-24-18)17-8-3-2-4-9-17/h2-10,15H,11-14H2,1H3,(H,23,26). The molecular weight excluding hydrogens is 340 g/mol. The van der Waals surface area contributed by atoms with E-state index in [2.05, 4.69) is 10.5 Å². The molecule has 0 bridgehead atoms. The summed E-state index contributed by atoms with van der Waals surface area (Å²) in [6, 6.07) is 19.0. The molecule has 1 amide bonds. The van der Waals surface area contributed by atoms with Crippen molar-refractivity contribution >= 4 is 11.7 Å². The largest absolute Gasteiger partial charge is 0.356 e. The van der Waals surface area contributed by atoms with Crippen LogP contribution in [0.15, 0.2) is 65.2 Å². The quantitative estimate of drug-likeness (QED) is 0.616. The number of nitrogens with zero attached hydrogens (tertiary/aromatic N) is 1. The number of hydrogen-bond acceptors (Lipinski definition) is 4. The lowest BCUT2D eigenvalue weighted by Gasteiger charge is -2.05. The van der Waals surface area contributed by atoms with E-state index in [9.17, 15) is 9.59 Å². The van der Waals surface area contributed by atoms with Gasteiger partial charge in [0.05, 0.1) is 5.69 Å². The molecule has 0 atom stereocenters. The average Bonchev–Trinajstić information content (AvgIpc) is 3.16. The van der Waals surface area contributed by atoms with Crippen LogP contribution in [-0.2, 0) is 11.2 Å². The van der Waals surface area contributed by atoms with Crippen LogP contribution in [0, 0.1) is 6.92 Å². The van der Waals surface area contributed by atoms with Crippen molar-refractivity contribution in [2.75, 3.05) is 6.54 Å². The molecule has 1 heterocycles. The molecule has 27 heavy (non-hydrogen) atoms. The predicted octanol–water partition coefficient (Wildman–Crippen LogP) is 3.97. The van der Waals surface area contributed by atoms with E-state index in [0.29, 0.717) is 24.3 Å². The normalized spacial score (nSPS) is 10.6. The van der Waals surface area contributed by atoms with Gasteiger partial charge in [-0.1, -0.05) is 59.8 Å². The first-order valence-corrected chi connectivity index (χ1v) is 9.00. The highest BCUT2D eigenvalue weighted by atomic mass is 16.5. The minimum absolute atomic E-state index is 0.00717. The van der Waals surface area contributed by atoms with Gasteiger partial charge in [-0.25, -0.2) is 0 Å². The zero-order chi connectivity index (χ0) is 19.1. The lowest BCUT2D eigenvalue weighted by molar-refractivity contribution is -0.121. The Morgan fingerprint density at radius 1 is 1.00 bits per heavy atom. The molecule has 0 unspecified atom stereocenters. The number of carbonyl (C=O) groups is 2. The van der Waals surface area contributed by atoms with Crippen LogP contribution < -0.4 is 5.32 Å². The number of aryl methyl sites for hydroxylation is 1. The van der Waals surface area contributed by atoms with Crippen LogP contribution in [0.2, 0.25) is 0 Å². The average molecular weight is 362 g/mol. The Morgan fingerprint density at radius 2 is 1.74 bits per heavy atom. The molecule has 0 radical (unpaired) electrons. The maximum Gasteiger partial charge on any atom is 0.220 e. The van der Waals surface area contributed by atoms with Crippen LogP contribution in [-0.4, -0.2) is 23.4 Å². The van der Waals surface area contributed by atoms with Gasteiger partial charge in [-0.2, -0.15) is 0 Å². The highest BCUT2D eigenvalue weighted by Crippen LogP contribution is 2.19. The monoisotopic (exact) mass is 362 g/mol. The number of ketones is 1. The lowest BCUT2D eigenvalue weighted by Crippen LogP contribution is -2.26. The molecule has 3 aromatic rings. The fourth-order valence-corrected chi connectivity index (χ4v) is 2.83. The van der Waals surface area contributed by atoms with Crippen molar-refractivity contribution in [3.8, 4) is 11.3 Å². The van der Waals surface area contributed by atoms with Gasteiger partial charge in [0.1, 0.15) is 0 Å². The Labute approximate surface area is 158 Å². The summed E-state index contributed by atoms with van der Waals surface area (Å²) >= 11 is 0. The number of aromatic nitrogens is 1. The van der Waals surface area contributed by atoms with E-state index in [-0.39, 0.29) is 24.5 Å². The summed E-state index contributed by atoms with van der Waals surface area (Å²) in [6.45, 7) is 2.35. The number of Topliss-reactive ketones (excluding diaryl/α,β-unsaturated/α-hetero) is 1. The number of hydrogen-bond donors (Lipinski definition) is 1. The van der Waals surface area contributed by atoms with Crippen molar-refractivity contribution in [1.82, 2.24) is 10.5 Å². The molecule has 0 aliphatic heterocycles. The Bertz CT molecular complexity index is 916. The van der Waals surface area contributed by atoms with Crippen molar-refractivity contribution in [2.45, 2.75) is 26.2 Å². The Morgan fingerprint density at radius 3 is 2.52 bits per heavy atom. The first-order valence-electron chi connectivity index (χ1n) is 9.00. The van der Waals surface area contributed by atoms with Gasteiger partial charge in [-0.05, 0) is 12.5 Å². The van der Waals surface area contributed by atoms with E-state index in [1.54, 1.807) is 6.07 Å². The molecule has 0 saturated heterocycles. The van der Waals surface area contributed by atoms with E-state index >= 15 is 0 Å². The van der Waals surface area contributed by atoms with E-state index in [4.69, 9.17) is 4.52 Å². The minimum Gasteiger partial charge on any atom is -0.356 e. The maximum atomic E-state index is 12.2. The maximum absolute atomic E-state index is 12.2. The van der Waals surface area contributed by atoms with Gasteiger partial charge in [0.2, 0.25) is 5.91 Å². The second-order valence-corrected chi connectivity index (χ2v) is 6.39. The van der Waals surface area contributed by atoms with E-state index in [1.165, 1.54) is 0 Å². The Hall–Kier alpha value is -3.21. The lowest BCUT2D eigenvalue weighted by atomic mass is 10.0. The number of nitrogens with one attached hydrogen (secondary N) is 1. The molecule has 5 heteroatoms. The number of benzene rings is 2. The summed E-state index contributed by atoms with van der Waals surface area (Å²) < 4.78 is 5.34. The summed E-state index contributed by atoms with van der Waals surface area (Å²) in [6.07, 6.45) is 0.966. The van der Waals surface area contributed by atoms with Crippen LogP contribution >= 0.6 is 0 Å². The van der Waals surface area contributed by atoms with Crippen LogP contribution in [0.1, 0.15) is 34.5 Å². The van der Waals surface area contributed by atoms with Crippen molar-refractivity contribution in [3.63, 3.8) is 0 Å². The molecule has 138 valence electrons. The van der Waals surface area contributed by atoms with Crippen LogP contribution in [0.25, 0.3) is 11.3 Å². The predicted molar refractivity (Wildman–Crippen MR) is 103 cm³/mol. The van der Waals surface area contributed by atoms with Gasteiger partial charge < -0.3 is 9.84 Å². The summed E-state index contributed by atoms with van der Waals surface area (Å²) in [7, 11) is 0. The molecular formula is C22H22N2O3. The molecule has 5 nitrogen and oxygen atoms in total. The molecule has 3 rings (SSSR count). The smallest absolute Gasteiger partial charge is 0.220 e. The number of amides is 1. The third kappa shape index (κ3) is 5.14. The van der Waals surface area contributed by atoms with Gasteiger partial charge in [0.25, 0.3) is 0 Å². The van der Waals surface area contributed by atoms with Gasteiger partial charge in [0, 0.05) is 43.0 Å². The molecule has 2 aromatic carbocycles. The zero-order valence-electron chi connectivity index (χ0n) is 15.3. The first kappa shape index (κ1) is 18.6. The molecule has 1 aromatic heterocycles. The van der Waals surface area contributed by atoms with Crippen molar-refractivity contribution in [2.24, 2.45) is 0 Å². The Balaban J connectivity index is 1.42. The SMILES string of the molecule is Cc1ccccc1C(=O)CCC(=O)NCCc1cc(-c2ccccc2)on1. The molecule has 1 N–H and O–H groups in total. The van der Waals surface area contributed by atoms with Gasteiger partial charge in [0.15, 0.2) is 11.5 Å². The van der Waals surface area contributed by atoms with Crippen molar-refractivity contribution in [1.29, 1.82) is 0 Å². The molecule has 0 fully saturated rings. The first-order chi connectivity index (χ1) is 13.1. The number of rotatable bonds is 8. The topological polar surface area (TPSA) is 72.2 Å². The fraction of sp³-hybridized carbons (Fsp3) is 0.227. The van der Waals surface area contributed by atoms with E-state index < -0.39 is 0 Å². The third-order valence-electron chi connectivity index (χ3n) is 4.35. The highest BCUT2D eigenvalue weighted by Gasteiger charge is 2.11. The van der Waals surface area contributed by atoms with E-state index in [0.717, 1.165) is 16.8 Å². The number of carbonyl (C=O) groups excluding carboxylic acids is 2. The molecule has 0 saturated carbocycles. The van der Waals surface area contributed by atoms with Crippen LogP contribution in [0.3, 0.4) is 0 Å². The summed E-state index contributed by atoms with van der Waals surface area (Å²) in [4.78, 5) is 24.2. The van der Waals surface area contributed by atoms with Gasteiger partial charge in [-0.15, -0.1) is 0 Å². The third-order valence-corrected chi connectivity index (χ3v) is 4.35. The highest BCUT2D eigenvalue weighted by molar-refractivity contribution is 5.99. The molecule has 0 spiro atoms. The summed E-state index contributed by atoms with van der Waals surface area (Å²) in [5.41, 5.74) is 3.37. The fourth-order valence-electron chi connectivity index (χ4n) is 2.83. The summed E-state index contributed by atoms with van der Waals surface area (Å²) in [5.74, 6) is 0.566. The minimum atomic E-state index is -0.135. The van der Waals surface area contributed by atoms with Gasteiger partial charge >= 0.3 is 0 Å². The molecule has 0 aliphatic rings. The van der Waals surface area contributed by atoms with Crippen molar-refractivity contribution < 1.29 is 14.1 Å². The van der Waals surface area contributed by atoms with Crippen LogP contribution in [0.5, 0.6) is 0 Å². The van der Waals surface area contributed by atoms with Gasteiger partial charge in [-0.3, -0.25) is 9.59 Å². The summed E-state index contributed by atoms with van der Waals surface area (Å²) in [5, 5.41) is 6.86. The second kappa shape index (κ2) is 8.94. The second-order valence-electron chi connectivity index (χ2n) is 6.39. The Kier molecular flexibility index (Phi) is 6.15. The molecule has 0 aliphatic carbocycles. The van der Waals surface area contributed by atoms with E-state index in [1.807, 2.05) is 61.5 Å². The van der Waals surface area contributed by atoms with Crippen molar-refractivity contribution in [3.05, 3.63) is 77.5 Å². The van der Waals surface area contributed by atoms with Crippen LogP contribution in [0.4, 0.5) is 0 Å².